The fourth-order valence-electron chi connectivity index (χ4n) is 1.82. The summed E-state index contributed by atoms with van der Waals surface area (Å²) in [7, 11) is 0. The van der Waals surface area contributed by atoms with E-state index in [1.165, 1.54) is 0 Å². The zero-order chi connectivity index (χ0) is 10.9. The zero-order valence-corrected chi connectivity index (χ0v) is 8.49. The lowest BCUT2D eigenvalue weighted by Crippen LogP contribution is -2.06. The Morgan fingerprint density at radius 3 is 2.73 bits per heavy atom. The van der Waals surface area contributed by atoms with Crippen LogP contribution >= 0.6 is 0 Å². The third-order valence-corrected chi connectivity index (χ3v) is 2.82. The molecule has 15 heavy (non-hydrogen) atoms. The molecule has 3 heteroatoms. The molecule has 0 amide bonds. The quantitative estimate of drug-likeness (QED) is 0.427. The Morgan fingerprint density at radius 1 is 1.47 bits per heavy atom. The summed E-state index contributed by atoms with van der Waals surface area (Å²) in [5, 5.41) is 0. The highest BCUT2D eigenvalue weighted by Crippen LogP contribution is 2.50. The van der Waals surface area contributed by atoms with Gasteiger partial charge in [0.2, 0.25) is 6.08 Å². The lowest BCUT2D eigenvalue weighted by Gasteiger charge is -2.11. The van der Waals surface area contributed by atoms with Crippen molar-refractivity contribution in [3.8, 4) is 0 Å². The number of benzene rings is 1. The summed E-state index contributed by atoms with van der Waals surface area (Å²) >= 11 is 0. The molecular formula is C12H11NO2. The number of isocyanates is 1. The Morgan fingerprint density at radius 2 is 2.20 bits per heavy atom. The van der Waals surface area contributed by atoms with Crippen LogP contribution < -0.4 is 0 Å². The van der Waals surface area contributed by atoms with Crippen molar-refractivity contribution >= 4 is 12.4 Å². The van der Waals surface area contributed by atoms with E-state index in [-0.39, 0.29) is 0 Å². The van der Waals surface area contributed by atoms with E-state index in [1.807, 2.05) is 19.1 Å². The van der Waals surface area contributed by atoms with Gasteiger partial charge < -0.3 is 0 Å². The molecule has 0 saturated heterocycles. The second-order valence-corrected chi connectivity index (χ2v) is 3.94. The predicted molar refractivity (Wildman–Crippen MR) is 55.6 cm³/mol. The predicted octanol–water partition coefficient (Wildman–Crippen LogP) is 2.13. The van der Waals surface area contributed by atoms with Gasteiger partial charge in [-0.2, -0.15) is 4.99 Å². The van der Waals surface area contributed by atoms with Crippen LogP contribution in [0.2, 0.25) is 0 Å². The third-order valence-electron chi connectivity index (χ3n) is 2.82. The minimum Gasteiger partial charge on any atom is -0.298 e. The van der Waals surface area contributed by atoms with E-state index in [1.54, 1.807) is 12.1 Å². The molecule has 76 valence electrons. The van der Waals surface area contributed by atoms with Gasteiger partial charge in [0.05, 0.1) is 5.54 Å². The largest absolute Gasteiger partial charge is 0.298 e. The van der Waals surface area contributed by atoms with Crippen LogP contribution in [0.1, 0.15) is 34.3 Å². The van der Waals surface area contributed by atoms with Crippen molar-refractivity contribution in [3.05, 3.63) is 34.9 Å². The number of rotatable bonds is 3. The Balaban J connectivity index is 2.55. The van der Waals surface area contributed by atoms with Gasteiger partial charge in [0, 0.05) is 5.56 Å². The molecule has 3 nitrogen and oxygen atoms in total. The second kappa shape index (κ2) is 3.44. The summed E-state index contributed by atoms with van der Waals surface area (Å²) in [5.74, 6) is 0. The highest BCUT2D eigenvalue weighted by atomic mass is 16.1. The molecule has 0 atom stereocenters. The third kappa shape index (κ3) is 1.62. The number of aldehydes is 1. The molecule has 0 unspecified atom stereocenters. The number of hydrogen-bond donors (Lipinski definition) is 0. The molecule has 0 aliphatic heterocycles. The van der Waals surface area contributed by atoms with Gasteiger partial charge in [-0.05, 0) is 25.3 Å². The van der Waals surface area contributed by atoms with Gasteiger partial charge in [0.15, 0.2) is 0 Å². The second-order valence-electron chi connectivity index (χ2n) is 3.94. The summed E-state index contributed by atoms with van der Waals surface area (Å²) in [6.07, 6.45) is 4.07. The van der Waals surface area contributed by atoms with Crippen LogP contribution in [0.4, 0.5) is 0 Å². The molecule has 1 fully saturated rings. The minimum absolute atomic E-state index is 0.454. The van der Waals surface area contributed by atoms with Crippen molar-refractivity contribution in [1.82, 2.24) is 0 Å². The van der Waals surface area contributed by atoms with Gasteiger partial charge in [-0.3, -0.25) is 4.79 Å². The van der Waals surface area contributed by atoms with Gasteiger partial charge in [0.1, 0.15) is 6.29 Å². The normalized spacial score (nSPS) is 16.6. The SMILES string of the molecule is Cc1ccc(C=O)c(C2(N=C=O)CC2)c1. The fraction of sp³-hybridized carbons (Fsp3) is 0.333. The number of carbonyl (C=O) groups excluding carboxylic acids is 2. The molecule has 1 aliphatic rings. The first kappa shape index (κ1) is 9.81. The number of nitrogens with zero attached hydrogens (tertiary/aromatic N) is 1. The van der Waals surface area contributed by atoms with Crippen LogP contribution in [0.5, 0.6) is 0 Å². The lowest BCUT2D eigenvalue weighted by atomic mass is 9.97. The first-order chi connectivity index (χ1) is 7.22. The Kier molecular flexibility index (Phi) is 2.25. The standard InChI is InChI=1S/C12H11NO2/c1-9-2-3-10(7-14)11(6-9)12(4-5-12)13-8-15/h2-3,6-7H,4-5H2,1H3. The van der Waals surface area contributed by atoms with E-state index in [2.05, 4.69) is 4.99 Å². The van der Waals surface area contributed by atoms with E-state index in [0.29, 0.717) is 5.56 Å². The number of aliphatic imine (C=N–C) groups is 1. The molecule has 1 aliphatic carbocycles. The minimum atomic E-state index is -0.454. The maximum absolute atomic E-state index is 10.9. The topological polar surface area (TPSA) is 46.5 Å². The highest BCUT2D eigenvalue weighted by molar-refractivity contribution is 5.78. The van der Waals surface area contributed by atoms with Crippen LogP contribution in [0.3, 0.4) is 0 Å². The van der Waals surface area contributed by atoms with Crippen molar-refractivity contribution in [2.75, 3.05) is 0 Å². The Labute approximate surface area is 87.8 Å². The summed E-state index contributed by atoms with van der Waals surface area (Å²) < 4.78 is 0. The first-order valence-corrected chi connectivity index (χ1v) is 4.87. The maximum Gasteiger partial charge on any atom is 0.235 e. The molecule has 1 saturated carbocycles. The molecular weight excluding hydrogens is 190 g/mol. The van der Waals surface area contributed by atoms with Gasteiger partial charge in [-0.1, -0.05) is 23.8 Å². The van der Waals surface area contributed by atoms with Crippen molar-refractivity contribution in [1.29, 1.82) is 0 Å². The van der Waals surface area contributed by atoms with Crippen molar-refractivity contribution in [3.63, 3.8) is 0 Å². The van der Waals surface area contributed by atoms with E-state index in [4.69, 9.17) is 0 Å². The monoisotopic (exact) mass is 201 g/mol. The maximum atomic E-state index is 10.9. The first-order valence-electron chi connectivity index (χ1n) is 4.87. The molecule has 0 N–H and O–H groups in total. The van der Waals surface area contributed by atoms with Gasteiger partial charge in [0.25, 0.3) is 0 Å². The molecule has 1 aromatic rings. The van der Waals surface area contributed by atoms with Crippen molar-refractivity contribution < 1.29 is 9.59 Å². The molecule has 0 radical (unpaired) electrons. The number of aryl methyl sites for hydroxylation is 1. The van der Waals surface area contributed by atoms with E-state index < -0.39 is 5.54 Å². The van der Waals surface area contributed by atoms with Crippen LogP contribution in [0.25, 0.3) is 0 Å². The smallest absolute Gasteiger partial charge is 0.235 e. The molecule has 0 heterocycles. The van der Waals surface area contributed by atoms with Gasteiger partial charge >= 0.3 is 0 Å². The average molecular weight is 201 g/mol. The Hall–Kier alpha value is -1.73. The Bertz CT molecular complexity index is 455. The van der Waals surface area contributed by atoms with E-state index in [9.17, 15) is 9.59 Å². The van der Waals surface area contributed by atoms with Crippen LogP contribution in [0.15, 0.2) is 23.2 Å². The molecule has 0 bridgehead atoms. The van der Waals surface area contributed by atoms with Crippen LogP contribution in [0, 0.1) is 6.92 Å². The highest BCUT2D eigenvalue weighted by Gasteiger charge is 2.46. The summed E-state index contributed by atoms with van der Waals surface area (Å²) in [5.41, 5.74) is 2.10. The van der Waals surface area contributed by atoms with Gasteiger partial charge in [-0.25, -0.2) is 4.79 Å². The van der Waals surface area contributed by atoms with Crippen molar-refractivity contribution in [2.45, 2.75) is 25.3 Å². The summed E-state index contributed by atoms with van der Waals surface area (Å²) in [6, 6.07) is 5.59. The number of hydrogen-bond acceptors (Lipinski definition) is 3. The zero-order valence-electron chi connectivity index (χ0n) is 8.49. The molecule has 0 aromatic heterocycles. The summed E-state index contributed by atoms with van der Waals surface area (Å²) in [4.78, 5) is 25.0. The average Bonchev–Trinajstić information content (AvgIpc) is 2.99. The van der Waals surface area contributed by atoms with Crippen molar-refractivity contribution in [2.24, 2.45) is 4.99 Å². The molecule has 2 rings (SSSR count). The van der Waals surface area contributed by atoms with Crippen LogP contribution in [-0.2, 0) is 10.3 Å². The fourth-order valence-corrected chi connectivity index (χ4v) is 1.82. The lowest BCUT2D eigenvalue weighted by molar-refractivity contribution is 0.112. The van der Waals surface area contributed by atoms with E-state index in [0.717, 1.165) is 30.3 Å². The molecule has 1 aromatic carbocycles. The molecule has 0 spiro atoms. The van der Waals surface area contributed by atoms with E-state index >= 15 is 0 Å². The van der Waals surface area contributed by atoms with Crippen LogP contribution in [-0.4, -0.2) is 12.4 Å². The summed E-state index contributed by atoms with van der Waals surface area (Å²) in [6.45, 7) is 1.96. The van der Waals surface area contributed by atoms with Gasteiger partial charge in [-0.15, -0.1) is 0 Å². The number of carbonyl (C=O) groups is 1.